The quantitative estimate of drug-likeness (QED) is 0.821. The summed E-state index contributed by atoms with van der Waals surface area (Å²) in [4.78, 5) is 15.3. The van der Waals surface area contributed by atoms with E-state index in [1.807, 2.05) is 0 Å². The summed E-state index contributed by atoms with van der Waals surface area (Å²) in [5.74, 6) is -0.868. The van der Waals surface area contributed by atoms with Crippen molar-refractivity contribution in [1.82, 2.24) is 10.3 Å². The number of amides is 1. The Morgan fingerprint density at radius 2 is 2.47 bits per heavy atom. The standard InChI is InChI=1S/C14H19FN2O2/c1-10-4-2-6-14(19,8-10)9-17-13(18)11-5-3-7-16-12(11)15/h3,5,7,10,19H,2,4,6,8-9H2,1H3,(H,17,18). The van der Waals surface area contributed by atoms with Crippen LogP contribution < -0.4 is 5.32 Å². The highest BCUT2D eigenvalue weighted by molar-refractivity contribution is 5.94. The Bertz CT molecular complexity index is 467. The SMILES string of the molecule is CC1CCCC(O)(CNC(=O)c2cccnc2F)C1. The second kappa shape index (κ2) is 5.65. The summed E-state index contributed by atoms with van der Waals surface area (Å²) in [6.07, 6.45) is 4.70. The van der Waals surface area contributed by atoms with E-state index in [4.69, 9.17) is 0 Å². The number of nitrogens with zero attached hydrogens (tertiary/aromatic N) is 1. The molecule has 2 rings (SSSR count). The number of hydrogen-bond acceptors (Lipinski definition) is 3. The molecule has 0 bridgehead atoms. The van der Waals surface area contributed by atoms with Crippen molar-refractivity contribution in [3.63, 3.8) is 0 Å². The molecule has 2 atom stereocenters. The molecular formula is C14H19FN2O2. The number of carbonyl (C=O) groups is 1. The maximum Gasteiger partial charge on any atom is 0.256 e. The van der Waals surface area contributed by atoms with Crippen LogP contribution in [0, 0.1) is 11.9 Å². The molecule has 4 nitrogen and oxygen atoms in total. The summed E-state index contributed by atoms with van der Waals surface area (Å²) in [7, 11) is 0. The van der Waals surface area contributed by atoms with Gasteiger partial charge >= 0.3 is 0 Å². The van der Waals surface area contributed by atoms with Gasteiger partial charge in [-0.15, -0.1) is 0 Å². The monoisotopic (exact) mass is 266 g/mol. The Morgan fingerprint density at radius 3 is 3.16 bits per heavy atom. The van der Waals surface area contributed by atoms with Crippen LogP contribution in [0.2, 0.25) is 0 Å². The van der Waals surface area contributed by atoms with Gasteiger partial charge in [0.05, 0.1) is 11.2 Å². The number of carbonyl (C=O) groups excluding carboxylic acids is 1. The molecule has 1 amide bonds. The van der Waals surface area contributed by atoms with Crippen LogP contribution in [0.15, 0.2) is 18.3 Å². The van der Waals surface area contributed by atoms with Gasteiger partial charge in [-0.2, -0.15) is 4.39 Å². The van der Waals surface area contributed by atoms with E-state index in [0.29, 0.717) is 18.8 Å². The van der Waals surface area contributed by atoms with Crippen molar-refractivity contribution in [2.45, 2.75) is 38.2 Å². The molecule has 1 aliphatic carbocycles. The molecule has 5 heteroatoms. The molecule has 1 fully saturated rings. The Labute approximate surface area is 112 Å². The van der Waals surface area contributed by atoms with Crippen LogP contribution in [0.1, 0.15) is 43.0 Å². The third kappa shape index (κ3) is 3.50. The smallest absolute Gasteiger partial charge is 0.256 e. The van der Waals surface area contributed by atoms with E-state index in [2.05, 4.69) is 17.2 Å². The normalized spacial score (nSPS) is 27.0. The van der Waals surface area contributed by atoms with Crippen molar-refractivity contribution in [3.8, 4) is 0 Å². The molecule has 1 aromatic rings. The average Bonchev–Trinajstić information content (AvgIpc) is 2.36. The topological polar surface area (TPSA) is 62.2 Å². The summed E-state index contributed by atoms with van der Waals surface area (Å²) < 4.78 is 13.3. The van der Waals surface area contributed by atoms with Crippen molar-refractivity contribution < 1.29 is 14.3 Å². The van der Waals surface area contributed by atoms with Gasteiger partial charge in [-0.3, -0.25) is 4.79 Å². The average molecular weight is 266 g/mol. The Hall–Kier alpha value is -1.49. The molecule has 0 aliphatic heterocycles. The molecule has 0 radical (unpaired) electrons. The molecule has 1 saturated carbocycles. The van der Waals surface area contributed by atoms with Gasteiger partial charge in [-0.05, 0) is 30.9 Å². The molecule has 0 saturated heterocycles. The molecule has 1 aliphatic rings. The van der Waals surface area contributed by atoms with Crippen molar-refractivity contribution in [2.75, 3.05) is 6.54 Å². The van der Waals surface area contributed by atoms with Crippen LogP contribution in [0.3, 0.4) is 0 Å². The first kappa shape index (κ1) is 13.9. The highest BCUT2D eigenvalue weighted by Gasteiger charge is 2.33. The van der Waals surface area contributed by atoms with E-state index in [9.17, 15) is 14.3 Å². The second-order valence-electron chi connectivity index (χ2n) is 5.45. The zero-order valence-corrected chi connectivity index (χ0v) is 11.0. The molecule has 2 unspecified atom stereocenters. The van der Waals surface area contributed by atoms with Gasteiger partial charge in [0.15, 0.2) is 0 Å². The van der Waals surface area contributed by atoms with Crippen LogP contribution >= 0.6 is 0 Å². The number of nitrogens with one attached hydrogen (secondary N) is 1. The number of halogens is 1. The minimum atomic E-state index is -0.869. The van der Waals surface area contributed by atoms with Gasteiger partial charge in [0.2, 0.25) is 5.95 Å². The predicted octanol–water partition coefficient (Wildman–Crippen LogP) is 1.89. The summed E-state index contributed by atoms with van der Waals surface area (Å²) in [6.45, 7) is 2.25. The Kier molecular flexibility index (Phi) is 4.14. The third-order valence-corrected chi connectivity index (χ3v) is 3.65. The second-order valence-corrected chi connectivity index (χ2v) is 5.45. The van der Waals surface area contributed by atoms with E-state index < -0.39 is 17.5 Å². The fraction of sp³-hybridized carbons (Fsp3) is 0.571. The third-order valence-electron chi connectivity index (χ3n) is 3.65. The molecule has 1 aromatic heterocycles. The van der Waals surface area contributed by atoms with Crippen molar-refractivity contribution in [3.05, 3.63) is 29.8 Å². The van der Waals surface area contributed by atoms with Gasteiger partial charge in [-0.25, -0.2) is 4.98 Å². The molecule has 1 heterocycles. The van der Waals surface area contributed by atoms with Gasteiger partial charge in [0.25, 0.3) is 5.91 Å². The lowest BCUT2D eigenvalue weighted by Gasteiger charge is -2.35. The van der Waals surface area contributed by atoms with Crippen LogP contribution in [0.5, 0.6) is 0 Å². The largest absolute Gasteiger partial charge is 0.388 e. The van der Waals surface area contributed by atoms with Crippen molar-refractivity contribution >= 4 is 5.91 Å². The molecular weight excluding hydrogens is 247 g/mol. The van der Waals surface area contributed by atoms with E-state index in [0.717, 1.165) is 12.8 Å². The first-order chi connectivity index (χ1) is 9.00. The lowest BCUT2D eigenvalue weighted by Crippen LogP contribution is -2.45. The van der Waals surface area contributed by atoms with Crippen LogP contribution in [0.25, 0.3) is 0 Å². The minimum absolute atomic E-state index is 0.0880. The first-order valence-electron chi connectivity index (χ1n) is 6.61. The number of pyridine rings is 1. The van der Waals surface area contributed by atoms with Gasteiger partial charge in [-0.1, -0.05) is 19.8 Å². The number of hydrogen-bond donors (Lipinski definition) is 2. The summed E-state index contributed by atoms with van der Waals surface area (Å²) >= 11 is 0. The van der Waals surface area contributed by atoms with Crippen LogP contribution in [-0.4, -0.2) is 28.1 Å². The molecule has 104 valence electrons. The fourth-order valence-corrected chi connectivity index (χ4v) is 2.69. The van der Waals surface area contributed by atoms with Crippen molar-refractivity contribution in [2.24, 2.45) is 5.92 Å². The van der Waals surface area contributed by atoms with E-state index in [1.54, 1.807) is 0 Å². The Balaban J connectivity index is 1.95. The molecule has 0 spiro atoms. The summed E-state index contributed by atoms with van der Waals surface area (Å²) in [6, 6.07) is 2.89. The van der Waals surface area contributed by atoms with Gasteiger partial charge < -0.3 is 10.4 Å². The van der Waals surface area contributed by atoms with E-state index in [1.165, 1.54) is 18.3 Å². The number of aromatic nitrogens is 1. The van der Waals surface area contributed by atoms with E-state index >= 15 is 0 Å². The predicted molar refractivity (Wildman–Crippen MR) is 69.1 cm³/mol. The number of rotatable bonds is 3. The fourth-order valence-electron chi connectivity index (χ4n) is 2.69. The highest BCUT2D eigenvalue weighted by Crippen LogP contribution is 2.31. The highest BCUT2D eigenvalue weighted by atomic mass is 19.1. The summed E-state index contributed by atoms with van der Waals surface area (Å²) in [5.41, 5.74) is -0.957. The number of aliphatic hydroxyl groups is 1. The zero-order valence-electron chi connectivity index (χ0n) is 11.0. The van der Waals surface area contributed by atoms with Gasteiger partial charge in [0.1, 0.15) is 0 Å². The molecule has 19 heavy (non-hydrogen) atoms. The van der Waals surface area contributed by atoms with Crippen LogP contribution in [-0.2, 0) is 0 Å². The lowest BCUT2D eigenvalue weighted by molar-refractivity contribution is -0.0109. The maximum atomic E-state index is 13.3. The Morgan fingerprint density at radius 1 is 1.68 bits per heavy atom. The zero-order chi connectivity index (χ0) is 13.9. The molecule has 2 N–H and O–H groups in total. The van der Waals surface area contributed by atoms with Crippen LogP contribution in [0.4, 0.5) is 4.39 Å². The van der Waals surface area contributed by atoms with Crippen molar-refractivity contribution in [1.29, 1.82) is 0 Å². The summed E-state index contributed by atoms with van der Waals surface area (Å²) in [5, 5.41) is 13.0. The minimum Gasteiger partial charge on any atom is -0.388 e. The molecule has 0 aromatic carbocycles. The van der Waals surface area contributed by atoms with Gasteiger partial charge in [0, 0.05) is 12.7 Å². The first-order valence-corrected chi connectivity index (χ1v) is 6.61. The van der Waals surface area contributed by atoms with E-state index in [-0.39, 0.29) is 12.1 Å². The lowest BCUT2D eigenvalue weighted by atomic mass is 9.79. The maximum absolute atomic E-state index is 13.3.